The molecule has 0 fully saturated rings. The minimum atomic E-state index is -0.506. The van der Waals surface area contributed by atoms with Gasteiger partial charge in [-0.2, -0.15) is 0 Å². The summed E-state index contributed by atoms with van der Waals surface area (Å²) in [5.74, 6) is 0.782. The summed E-state index contributed by atoms with van der Waals surface area (Å²) in [6.45, 7) is 0. The van der Waals surface area contributed by atoms with E-state index in [1.54, 1.807) is 0 Å². The maximum Gasteiger partial charge on any atom is 0.227 e. The van der Waals surface area contributed by atoms with Crippen LogP contribution in [-0.4, -0.2) is 19.9 Å². The number of nitrogens with zero attached hydrogens (tertiary/aromatic N) is 4. The Bertz CT molecular complexity index is 2890. The van der Waals surface area contributed by atoms with Crippen LogP contribution in [0.5, 0.6) is 0 Å². The highest BCUT2D eigenvalue weighted by atomic mass is 16.3. The van der Waals surface area contributed by atoms with E-state index in [1.807, 2.05) is 91.0 Å². The number of furan rings is 1. The average molecular weight is 574 g/mol. The number of fused-ring (bicyclic) bond motifs is 6. The van der Waals surface area contributed by atoms with E-state index in [-0.39, 0.29) is 45.0 Å². The van der Waals surface area contributed by atoms with Crippen LogP contribution in [0.25, 0.3) is 89.4 Å². The van der Waals surface area contributed by atoms with E-state index in [1.165, 1.54) is 0 Å². The summed E-state index contributed by atoms with van der Waals surface area (Å²) in [5.41, 5.74) is 2.55. The molecule has 0 atom stereocenters. The molecule has 44 heavy (non-hydrogen) atoms. The predicted molar refractivity (Wildman–Crippen MR) is 174 cm³/mol. The van der Waals surface area contributed by atoms with Gasteiger partial charge in [-0.15, -0.1) is 0 Å². The van der Waals surface area contributed by atoms with Crippen LogP contribution in [-0.2, 0) is 0 Å². The summed E-state index contributed by atoms with van der Waals surface area (Å²) in [6.07, 6.45) is 0. The monoisotopic (exact) mass is 573 g/mol. The molecular formula is C38H22N4O2. The van der Waals surface area contributed by atoms with E-state index in [9.17, 15) is 0 Å². The normalized spacial score (nSPS) is 13.9. The summed E-state index contributed by atoms with van der Waals surface area (Å²) in [4.78, 5) is 19.5. The summed E-state index contributed by atoms with van der Waals surface area (Å²) < 4.78 is 72.7. The molecular weight excluding hydrogens is 544 g/mol. The Balaban J connectivity index is 1.41. The van der Waals surface area contributed by atoms with E-state index in [0.717, 1.165) is 16.3 Å². The second-order valence-corrected chi connectivity index (χ2v) is 10.1. The van der Waals surface area contributed by atoms with Gasteiger partial charge in [0.15, 0.2) is 23.1 Å². The van der Waals surface area contributed by atoms with Gasteiger partial charge in [0.25, 0.3) is 0 Å². The first-order chi connectivity index (χ1) is 24.7. The van der Waals surface area contributed by atoms with Crippen molar-refractivity contribution in [3.05, 3.63) is 133 Å². The Morgan fingerprint density at radius 2 is 1.20 bits per heavy atom. The lowest BCUT2D eigenvalue weighted by molar-refractivity contribution is 0.623. The number of oxazole rings is 1. The Morgan fingerprint density at radius 1 is 0.523 bits per heavy atom. The van der Waals surface area contributed by atoms with Gasteiger partial charge in [0.2, 0.25) is 5.89 Å². The van der Waals surface area contributed by atoms with Crippen molar-refractivity contribution in [2.45, 2.75) is 0 Å². The molecule has 9 rings (SSSR count). The van der Waals surface area contributed by atoms with Crippen molar-refractivity contribution in [3.63, 3.8) is 0 Å². The van der Waals surface area contributed by atoms with Crippen molar-refractivity contribution in [2.75, 3.05) is 0 Å². The largest absolute Gasteiger partial charge is 0.456 e. The van der Waals surface area contributed by atoms with Gasteiger partial charge in [0, 0.05) is 38.4 Å². The molecule has 0 saturated carbocycles. The highest BCUT2D eigenvalue weighted by Gasteiger charge is 2.22. The molecule has 206 valence electrons. The Hall–Kier alpha value is -6.14. The van der Waals surface area contributed by atoms with Gasteiger partial charge in [0.1, 0.15) is 16.7 Å². The van der Waals surface area contributed by atoms with Gasteiger partial charge in [-0.1, -0.05) is 103 Å². The lowest BCUT2D eigenvalue weighted by Gasteiger charge is -2.10. The number of para-hydroxylation sites is 1. The van der Waals surface area contributed by atoms with Crippen molar-refractivity contribution in [2.24, 2.45) is 0 Å². The molecule has 6 aromatic carbocycles. The first-order valence-electron chi connectivity index (χ1n) is 17.3. The molecule has 0 N–H and O–H groups in total. The molecule has 9 aromatic rings. The molecule has 0 unspecified atom stereocenters. The second kappa shape index (κ2) is 9.71. The zero-order valence-electron chi connectivity index (χ0n) is 29.8. The SMILES string of the molecule is [2H]c1c([2H])c([2H])c2c(oc3c([2H])c([2H])c([2H])c(-c4nc(-c5ccccc5)nc(-c5cc6ccccc6c6oc(-c7ccccc7)nc56)n4)c32)c1[2H]. The molecule has 0 aliphatic heterocycles. The minimum Gasteiger partial charge on any atom is -0.456 e. The maximum absolute atomic E-state index is 9.11. The van der Waals surface area contributed by atoms with E-state index in [4.69, 9.17) is 38.4 Å². The Labute approximate surface area is 261 Å². The molecule has 3 heterocycles. The smallest absolute Gasteiger partial charge is 0.227 e. The zero-order valence-corrected chi connectivity index (χ0v) is 22.8. The van der Waals surface area contributed by atoms with Crippen LogP contribution in [0.15, 0.2) is 142 Å². The summed E-state index contributed by atoms with van der Waals surface area (Å²) in [5, 5.41) is 1.68. The van der Waals surface area contributed by atoms with E-state index < -0.39 is 42.3 Å². The maximum atomic E-state index is 9.11. The fourth-order valence-electron chi connectivity index (χ4n) is 5.47. The van der Waals surface area contributed by atoms with Crippen LogP contribution in [0.3, 0.4) is 0 Å². The number of rotatable bonds is 4. The quantitative estimate of drug-likeness (QED) is 0.209. The van der Waals surface area contributed by atoms with Gasteiger partial charge in [0.05, 0.1) is 9.60 Å². The molecule has 0 radical (unpaired) electrons. The summed E-state index contributed by atoms with van der Waals surface area (Å²) in [7, 11) is 0. The van der Waals surface area contributed by atoms with Crippen LogP contribution in [0.4, 0.5) is 0 Å². The molecule has 6 heteroatoms. The van der Waals surface area contributed by atoms with Gasteiger partial charge in [-0.3, -0.25) is 0 Å². The highest BCUT2D eigenvalue weighted by Crippen LogP contribution is 2.39. The highest BCUT2D eigenvalue weighted by molar-refractivity contribution is 6.12. The topological polar surface area (TPSA) is 77.8 Å². The number of aromatic nitrogens is 4. The van der Waals surface area contributed by atoms with E-state index in [0.29, 0.717) is 28.1 Å². The summed E-state index contributed by atoms with van der Waals surface area (Å²) in [6, 6.07) is 25.1. The Kier molecular flexibility index (Phi) is 4.06. The third-order valence-corrected chi connectivity index (χ3v) is 7.49. The first kappa shape index (κ1) is 18.4. The lowest BCUT2D eigenvalue weighted by Crippen LogP contribution is -2.01. The molecule has 0 spiro atoms. The van der Waals surface area contributed by atoms with Crippen LogP contribution in [0, 0.1) is 0 Å². The first-order valence-corrected chi connectivity index (χ1v) is 13.8. The number of hydrogen-bond donors (Lipinski definition) is 0. The van der Waals surface area contributed by atoms with Crippen LogP contribution in [0.1, 0.15) is 9.60 Å². The van der Waals surface area contributed by atoms with Crippen molar-refractivity contribution in [1.82, 2.24) is 19.9 Å². The average Bonchev–Trinajstić information content (AvgIpc) is 3.80. The number of benzene rings is 6. The third kappa shape index (κ3) is 3.89. The predicted octanol–water partition coefficient (Wildman–Crippen LogP) is 9.73. The molecule has 6 nitrogen and oxygen atoms in total. The van der Waals surface area contributed by atoms with Crippen molar-refractivity contribution >= 4 is 43.8 Å². The van der Waals surface area contributed by atoms with Gasteiger partial charge >= 0.3 is 0 Å². The van der Waals surface area contributed by atoms with E-state index in [2.05, 4.69) is 0 Å². The Morgan fingerprint density at radius 3 is 2.05 bits per heavy atom. The fraction of sp³-hybridized carbons (Fsp3) is 0. The van der Waals surface area contributed by atoms with Crippen LogP contribution < -0.4 is 0 Å². The van der Waals surface area contributed by atoms with Crippen molar-refractivity contribution < 1.29 is 18.4 Å². The molecule has 0 aliphatic carbocycles. The van der Waals surface area contributed by atoms with Crippen LogP contribution in [0.2, 0.25) is 0 Å². The van der Waals surface area contributed by atoms with Crippen molar-refractivity contribution in [1.29, 1.82) is 0 Å². The summed E-state index contributed by atoms with van der Waals surface area (Å²) >= 11 is 0. The molecule has 0 saturated heterocycles. The van der Waals surface area contributed by atoms with E-state index >= 15 is 0 Å². The lowest BCUT2D eigenvalue weighted by atomic mass is 10.0. The standard InChI is InChI=1S/C38H22N4O2/c1-3-12-23(13-4-1)35-40-36(28-19-11-21-31-32(28)27-18-9-10-20-30(27)43-31)42-37(41-35)29-22-25-16-7-8-17-26(25)34-33(29)39-38(44-34)24-14-5-2-6-15-24/h1-22H/i9D,10D,11D,18D,19D,20D,21D. The minimum absolute atomic E-state index is 0.0298. The van der Waals surface area contributed by atoms with Gasteiger partial charge < -0.3 is 8.83 Å². The zero-order chi connectivity index (χ0) is 35.1. The molecule has 3 aromatic heterocycles. The fourth-order valence-corrected chi connectivity index (χ4v) is 5.47. The van der Waals surface area contributed by atoms with Crippen molar-refractivity contribution in [3.8, 4) is 45.6 Å². The van der Waals surface area contributed by atoms with Crippen LogP contribution >= 0.6 is 0 Å². The molecule has 0 bridgehead atoms. The molecule has 0 aliphatic rings. The molecule has 0 amide bonds. The third-order valence-electron chi connectivity index (χ3n) is 7.49. The van der Waals surface area contributed by atoms with Gasteiger partial charge in [-0.25, -0.2) is 19.9 Å². The second-order valence-electron chi connectivity index (χ2n) is 10.1. The number of hydrogen-bond acceptors (Lipinski definition) is 6. The van der Waals surface area contributed by atoms with Gasteiger partial charge in [-0.05, 0) is 35.7 Å².